The molecule has 2 rings (SSSR count). The molecule has 1 saturated heterocycles. The smallest absolute Gasteiger partial charge is 0.170 e. The zero-order valence-electron chi connectivity index (χ0n) is 9.72. The van der Waals surface area contributed by atoms with Gasteiger partial charge in [-0.15, -0.1) is 0 Å². The zero-order chi connectivity index (χ0) is 12.5. The lowest BCUT2D eigenvalue weighted by Gasteiger charge is -2.32. The van der Waals surface area contributed by atoms with Gasteiger partial charge in [0.1, 0.15) is 0 Å². The summed E-state index contributed by atoms with van der Waals surface area (Å²) in [6.45, 7) is 3.36. The number of hydrogen-bond donors (Lipinski definition) is 1. The molecule has 0 aliphatic carbocycles. The number of benzene rings is 1. The van der Waals surface area contributed by atoms with Gasteiger partial charge in [0.15, 0.2) is 17.4 Å². The molecule has 0 radical (unpaired) electrons. The van der Waals surface area contributed by atoms with E-state index in [9.17, 15) is 13.6 Å². The molecule has 0 bridgehead atoms. The molecular weight excluding hydrogens is 224 g/mol. The monoisotopic (exact) mass is 239 g/mol. The van der Waals surface area contributed by atoms with Gasteiger partial charge in [-0.05, 0) is 37.6 Å². The quantitative estimate of drug-likeness (QED) is 0.803. The molecular formula is C13H15F2NO. The topological polar surface area (TPSA) is 29.1 Å². The van der Waals surface area contributed by atoms with Crippen LogP contribution in [-0.4, -0.2) is 18.9 Å². The van der Waals surface area contributed by atoms with Crippen molar-refractivity contribution in [3.8, 4) is 0 Å². The van der Waals surface area contributed by atoms with Crippen LogP contribution in [-0.2, 0) is 0 Å². The number of carbonyl (C=O) groups is 1. The first-order valence-corrected chi connectivity index (χ1v) is 5.73. The number of hydrogen-bond acceptors (Lipinski definition) is 2. The fraction of sp³-hybridized carbons (Fsp3) is 0.462. The van der Waals surface area contributed by atoms with Crippen LogP contribution in [0.3, 0.4) is 0 Å². The van der Waals surface area contributed by atoms with Gasteiger partial charge in [0.05, 0.1) is 0 Å². The Labute approximate surface area is 99.0 Å². The number of Topliss-reactive ketones (excluding diaryl/α,β-unsaturated/α-hetero) is 1. The summed E-state index contributed by atoms with van der Waals surface area (Å²) < 4.78 is 25.9. The Balaban J connectivity index is 2.26. The first-order chi connectivity index (χ1) is 8.03. The summed E-state index contributed by atoms with van der Waals surface area (Å²) in [5.41, 5.74) is -0.266. The lowest BCUT2D eigenvalue weighted by molar-refractivity contribution is 0.0772. The molecule has 2 nitrogen and oxygen atoms in total. The standard InChI is InChI=1S/C13H15F2NO/c1-13(5-2-6-16-8-13)12(17)9-3-4-10(14)11(15)7-9/h3-4,7,16H,2,5-6,8H2,1H3. The second-order valence-corrected chi connectivity index (χ2v) is 4.80. The van der Waals surface area contributed by atoms with E-state index in [-0.39, 0.29) is 11.3 Å². The fourth-order valence-electron chi connectivity index (χ4n) is 2.24. The summed E-state index contributed by atoms with van der Waals surface area (Å²) in [6.07, 6.45) is 1.70. The number of halogens is 2. The van der Waals surface area contributed by atoms with Crippen molar-refractivity contribution in [3.63, 3.8) is 0 Å². The molecule has 92 valence electrons. The van der Waals surface area contributed by atoms with Crippen LogP contribution >= 0.6 is 0 Å². The third kappa shape index (κ3) is 2.36. The van der Waals surface area contributed by atoms with Crippen molar-refractivity contribution < 1.29 is 13.6 Å². The van der Waals surface area contributed by atoms with Crippen LogP contribution in [0.5, 0.6) is 0 Å². The predicted octanol–water partition coefficient (Wildman–Crippen LogP) is 2.54. The lowest BCUT2D eigenvalue weighted by Crippen LogP contribution is -2.43. The maximum Gasteiger partial charge on any atom is 0.170 e. The van der Waals surface area contributed by atoms with Crippen molar-refractivity contribution in [2.24, 2.45) is 5.41 Å². The van der Waals surface area contributed by atoms with E-state index in [4.69, 9.17) is 0 Å². The van der Waals surface area contributed by atoms with Crippen LogP contribution in [0, 0.1) is 17.0 Å². The maximum atomic E-state index is 13.1. The highest BCUT2D eigenvalue weighted by Crippen LogP contribution is 2.30. The Morgan fingerprint density at radius 2 is 2.12 bits per heavy atom. The second-order valence-electron chi connectivity index (χ2n) is 4.80. The van der Waals surface area contributed by atoms with Gasteiger partial charge in [-0.25, -0.2) is 8.78 Å². The molecule has 0 saturated carbocycles. The first-order valence-electron chi connectivity index (χ1n) is 5.73. The highest BCUT2D eigenvalue weighted by atomic mass is 19.2. The summed E-state index contributed by atoms with van der Waals surface area (Å²) in [4.78, 5) is 12.3. The molecule has 4 heteroatoms. The van der Waals surface area contributed by atoms with E-state index in [1.807, 2.05) is 6.92 Å². The van der Waals surface area contributed by atoms with Gasteiger partial charge >= 0.3 is 0 Å². The number of nitrogens with one attached hydrogen (secondary N) is 1. The van der Waals surface area contributed by atoms with Crippen LogP contribution in [0.25, 0.3) is 0 Å². The van der Waals surface area contributed by atoms with Crippen molar-refractivity contribution in [2.75, 3.05) is 13.1 Å². The minimum absolute atomic E-state index is 0.122. The van der Waals surface area contributed by atoms with Crippen molar-refractivity contribution in [2.45, 2.75) is 19.8 Å². The normalized spacial score (nSPS) is 24.6. The number of rotatable bonds is 2. The van der Waals surface area contributed by atoms with E-state index in [1.165, 1.54) is 6.07 Å². The van der Waals surface area contributed by atoms with E-state index >= 15 is 0 Å². The van der Waals surface area contributed by atoms with E-state index < -0.39 is 17.0 Å². The van der Waals surface area contributed by atoms with Gasteiger partial charge < -0.3 is 5.32 Å². The minimum Gasteiger partial charge on any atom is -0.316 e. The first kappa shape index (κ1) is 12.2. The molecule has 1 aromatic carbocycles. The average molecular weight is 239 g/mol. The van der Waals surface area contributed by atoms with Crippen LogP contribution in [0.4, 0.5) is 8.78 Å². The molecule has 0 aromatic heterocycles. The number of ketones is 1. The fourth-order valence-corrected chi connectivity index (χ4v) is 2.24. The largest absolute Gasteiger partial charge is 0.316 e. The van der Waals surface area contributed by atoms with Crippen molar-refractivity contribution in [3.05, 3.63) is 35.4 Å². The minimum atomic E-state index is -0.969. The lowest BCUT2D eigenvalue weighted by atomic mass is 9.76. The van der Waals surface area contributed by atoms with Crippen molar-refractivity contribution in [1.29, 1.82) is 0 Å². The highest BCUT2D eigenvalue weighted by Gasteiger charge is 2.35. The Bertz CT molecular complexity index is 439. The summed E-state index contributed by atoms with van der Waals surface area (Å²) >= 11 is 0. The summed E-state index contributed by atoms with van der Waals surface area (Å²) in [6, 6.07) is 3.33. The van der Waals surface area contributed by atoms with Crippen LogP contribution in [0.2, 0.25) is 0 Å². The van der Waals surface area contributed by atoms with Crippen LogP contribution in [0.15, 0.2) is 18.2 Å². The van der Waals surface area contributed by atoms with Crippen molar-refractivity contribution >= 4 is 5.78 Å². The molecule has 0 amide bonds. The molecule has 1 aliphatic heterocycles. The van der Waals surface area contributed by atoms with Gasteiger partial charge in [-0.3, -0.25) is 4.79 Å². The summed E-state index contributed by atoms with van der Waals surface area (Å²) in [5.74, 6) is -2.01. The average Bonchev–Trinajstić information content (AvgIpc) is 2.33. The van der Waals surface area contributed by atoms with Crippen LogP contribution < -0.4 is 5.32 Å². The number of piperidine rings is 1. The molecule has 17 heavy (non-hydrogen) atoms. The Morgan fingerprint density at radius 1 is 1.35 bits per heavy atom. The third-order valence-corrected chi connectivity index (χ3v) is 3.33. The SMILES string of the molecule is CC1(C(=O)c2ccc(F)c(F)c2)CCCNC1. The Morgan fingerprint density at radius 3 is 2.71 bits per heavy atom. The highest BCUT2D eigenvalue weighted by molar-refractivity contribution is 6.00. The molecule has 1 atom stereocenters. The maximum absolute atomic E-state index is 13.1. The molecule has 1 aromatic rings. The number of carbonyl (C=O) groups excluding carboxylic acids is 1. The van der Waals surface area contributed by atoms with Gasteiger partial charge in [0.25, 0.3) is 0 Å². The van der Waals surface area contributed by atoms with E-state index in [2.05, 4.69) is 5.32 Å². The Kier molecular flexibility index (Phi) is 3.24. The van der Waals surface area contributed by atoms with Crippen molar-refractivity contribution in [1.82, 2.24) is 5.32 Å². The van der Waals surface area contributed by atoms with E-state index in [0.717, 1.165) is 31.5 Å². The molecule has 1 aliphatic rings. The molecule has 1 fully saturated rings. The van der Waals surface area contributed by atoms with Gasteiger partial charge in [0, 0.05) is 17.5 Å². The van der Waals surface area contributed by atoms with Gasteiger partial charge in [-0.1, -0.05) is 6.92 Å². The molecule has 1 heterocycles. The third-order valence-electron chi connectivity index (χ3n) is 3.33. The van der Waals surface area contributed by atoms with E-state index in [0.29, 0.717) is 6.54 Å². The van der Waals surface area contributed by atoms with E-state index in [1.54, 1.807) is 0 Å². The predicted molar refractivity (Wildman–Crippen MR) is 60.9 cm³/mol. The molecule has 1 unspecified atom stereocenters. The summed E-state index contributed by atoms with van der Waals surface area (Å²) in [7, 11) is 0. The van der Waals surface area contributed by atoms with Gasteiger partial charge in [-0.2, -0.15) is 0 Å². The Hall–Kier alpha value is -1.29. The molecule has 0 spiro atoms. The zero-order valence-corrected chi connectivity index (χ0v) is 9.72. The molecule has 1 N–H and O–H groups in total. The summed E-state index contributed by atoms with van der Waals surface area (Å²) in [5, 5.41) is 3.16. The van der Waals surface area contributed by atoms with Gasteiger partial charge in [0.2, 0.25) is 0 Å². The second kappa shape index (κ2) is 4.53. The van der Waals surface area contributed by atoms with Crippen LogP contribution in [0.1, 0.15) is 30.1 Å².